The molecule has 0 saturated carbocycles. The average Bonchev–Trinajstić information content (AvgIpc) is 3.19. The number of halogens is 7. The molecule has 0 aliphatic carbocycles. The number of fused-ring (bicyclic) bond motifs is 3. The number of hydrogen-bond acceptors (Lipinski definition) is 5. The summed E-state index contributed by atoms with van der Waals surface area (Å²) >= 11 is 0. The Morgan fingerprint density at radius 2 is 1.63 bits per heavy atom. The minimum atomic E-state index is -6.83. The van der Waals surface area contributed by atoms with Gasteiger partial charge in [-0.15, -0.1) is 0 Å². The Morgan fingerprint density at radius 3 is 2.15 bits per heavy atom. The van der Waals surface area contributed by atoms with Crippen LogP contribution >= 0.6 is 0 Å². The number of hydrogen-bond donors (Lipinski definition) is 1. The second-order valence-electron chi connectivity index (χ2n) is 6.60. The number of benzene rings is 1. The molecule has 2 aliphatic rings. The van der Waals surface area contributed by atoms with E-state index in [0.29, 0.717) is 12.1 Å². The highest BCUT2D eigenvalue weighted by molar-refractivity contribution is 7.92. The summed E-state index contributed by atoms with van der Waals surface area (Å²) < 4.78 is 125. The fraction of sp³-hybridized carbons (Fsp3) is 0.571. The molecule has 1 N–H and O–H groups in total. The zero-order valence-electron chi connectivity index (χ0n) is 13.4. The molecule has 0 radical (unpaired) electrons. The molecule has 0 spiro atoms. The van der Waals surface area contributed by atoms with Gasteiger partial charge in [-0.05, 0) is 32.0 Å². The zero-order chi connectivity index (χ0) is 20.8. The molecule has 1 aromatic rings. The van der Waals surface area contributed by atoms with Gasteiger partial charge in [-0.2, -0.15) is 30.7 Å². The zero-order valence-corrected chi connectivity index (χ0v) is 14.3. The molecule has 1 aromatic carbocycles. The van der Waals surface area contributed by atoms with Gasteiger partial charge in [-0.1, -0.05) is 0 Å². The summed E-state index contributed by atoms with van der Waals surface area (Å²) in [5, 5.41) is 3.73. The third kappa shape index (κ3) is 2.40. The Hall–Kier alpha value is -1.60. The molecule has 2 unspecified atom stereocenters. The minimum absolute atomic E-state index is 0.1000. The van der Waals surface area contributed by atoms with E-state index in [1.165, 1.54) is 13.8 Å². The first-order valence-corrected chi connectivity index (χ1v) is 8.68. The standard InChI is InChI=1S/C14H11F7O5S/c1-10(2)11(22)9(26-11)7-5-6(3-4-8(7)25-10)27(23,24)14(20,21)12(15,16)13(17,18)19/h3-5,9,22H,1-2H3. The molecular weight excluding hydrogens is 413 g/mol. The number of epoxide rings is 1. The van der Waals surface area contributed by atoms with Crippen LogP contribution < -0.4 is 4.74 Å². The molecular formula is C14H11F7O5S. The first-order valence-electron chi connectivity index (χ1n) is 7.20. The van der Waals surface area contributed by atoms with E-state index in [-0.39, 0.29) is 11.3 Å². The van der Waals surface area contributed by atoms with Gasteiger partial charge in [-0.3, -0.25) is 0 Å². The van der Waals surface area contributed by atoms with Gasteiger partial charge < -0.3 is 14.6 Å². The van der Waals surface area contributed by atoms with Gasteiger partial charge >= 0.3 is 17.4 Å². The van der Waals surface area contributed by atoms with Crippen LogP contribution in [0.1, 0.15) is 25.5 Å². The van der Waals surface area contributed by atoms with E-state index in [2.05, 4.69) is 0 Å². The number of sulfone groups is 1. The van der Waals surface area contributed by atoms with Crippen LogP contribution in [-0.4, -0.2) is 42.3 Å². The fourth-order valence-corrected chi connectivity index (χ4v) is 3.98. The van der Waals surface area contributed by atoms with Gasteiger partial charge in [0.2, 0.25) is 15.6 Å². The summed E-state index contributed by atoms with van der Waals surface area (Å²) in [4.78, 5) is -1.50. The van der Waals surface area contributed by atoms with E-state index in [4.69, 9.17) is 9.47 Å². The minimum Gasteiger partial charge on any atom is -0.482 e. The van der Waals surface area contributed by atoms with Crippen molar-refractivity contribution in [2.24, 2.45) is 0 Å². The van der Waals surface area contributed by atoms with E-state index in [1.807, 2.05) is 0 Å². The van der Waals surface area contributed by atoms with Gasteiger partial charge in [0.25, 0.3) is 0 Å². The SMILES string of the molecule is CC1(C)Oc2ccc(S(=O)(=O)C(F)(F)C(F)(F)C(F)(F)F)cc2C2OC21O. The van der Waals surface area contributed by atoms with Crippen LogP contribution in [0.2, 0.25) is 0 Å². The monoisotopic (exact) mass is 424 g/mol. The first kappa shape index (κ1) is 20.1. The molecule has 0 amide bonds. The topological polar surface area (TPSA) is 76.1 Å². The lowest BCUT2D eigenvalue weighted by Crippen LogP contribution is -2.55. The molecule has 152 valence electrons. The summed E-state index contributed by atoms with van der Waals surface area (Å²) in [6.45, 7) is 2.83. The first-order chi connectivity index (χ1) is 11.9. The van der Waals surface area contributed by atoms with Crippen LogP contribution in [0.5, 0.6) is 5.75 Å². The Bertz CT molecular complexity index is 909. The second-order valence-corrected chi connectivity index (χ2v) is 8.59. The molecule has 2 heterocycles. The maximum Gasteiger partial charge on any atom is 0.461 e. The molecule has 1 saturated heterocycles. The summed E-state index contributed by atoms with van der Waals surface area (Å²) in [5.74, 6) is -8.86. The van der Waals surface area contributed by atoms with Gasteiger partial charge in [-0.25, -0.2) is 8.42 Å². The number of ether oxygens (including phenoxy) is 2. The number of alkyl halides is 7. The van der Waals surface area contributed by atoms with Crippen LogP contribution in [0.4, 0.5) is 30.7 Å². The van der Waals surface area contributed by atoms with Gasteiger partial charge in [0.1, 0.15) is 11.9 Å². The molecule has 1 fully saturated rings. The summed E-state index contributed by atoms with van der Waals surface area (Å²) in [7, 11) is -6.46. The highest BCUT2D eigenvalue weighted by atomic mass is 32.2. The van der Waals surface area contributed by atoms with E-state index >= 15 is 0 Å². The lowest BCUT2D eigenvalue weighted by Gasteiger charge is -2.34. The molecule has 3 rings (SSSR count). The van der Waals surface area contributed by atoms with E-state index in [0.717, 1.165) is 6.07 Å². The van der Waals surface area contributed by atoms with Crippen molar-refractivity contribution in [1.82, 2.24) is 0 Å². The maximum absolute atomic E-state index is 13.7. The molecule has 13 heteroatoms. The lowest BCUT2D eigenvalue weighted by atomic mass is 9.91. The Balaban J connectivity index is 2.09. The number of aliphatic hydroxyl groups is 1. The molecule has 27 heavy (non-hydrogen) atoms. The maximum atomic E-state index is 13.7. The van der Waals surface area contributed by atoms with Crippen LogP contribution in [0.3, 0.4) is 0 Å². The summed E-state index contributed by atoms with van der Waals surface area (Å²) in [5.41, 5.74) is -1.58. The van der Waals surface area contributed by atoms with Crippen molar-refractivity contribution in [3.8, 4) is 5.75 Å². The van der Waals surface area contributed by atoms with Gasteiger partial charge in [0, 0.05) is 5.56 Å². The van der Waals surface area contributed by atoms with Crippen molar-refractivity contribution in [1.29, 1.82) is 0 Å². The second kappa shape index (κ2) is 5.06. The Kier molecular flexibility index (Phi) is 3.77. The third-order valence-electron chi connectivity index (χ3n) is 4.46. The van der Waals surface area contributed by atoms with Crippen molar-refractivity contribution < 1.29 is 53.7 Å². The molecule has 0 bridgehead atoms. The summed E-state index contributed by atoms with van der Waals surface area (Å²) in [6.07, 6.45) is -8.02. The van der Waals surface area contributed by atoms with Crippen LogP contribution in [0.25, 0.3) is 0 Å². The lowest BCUT2D eigenvalue weighted by molar-refractivity contribution is -0.332. The van der Waals surface area contributed by atoms with E-state index < -0.39 is 49.6 Å². The molecule has 0 aromatic heterocycles. The van der Waals surface area contributed by atoms with Crippen LogP contribution in [0.15, 0.2) is 23.1 Å². The molecule has 2 atom stereocenters. The third-order valence-corrected chi connectivity index (χ3v) is 6.26. The smallest absolute Gasteiger partial charge is 0.461 e. The quantitative estimate of drug-likeness (QED) is 0.596. The van der Waals surface area contributed by atoms with Crippen LogP contribution in [0, 0.1) is 0 Å². The molecule has 5 nitrogen and oxygen atoms in total. The van der Waals surface area contributed by atoms with Crippen molar-refractivity contribution >= 4 is 9.84 Å². The van der Waals surface area contributed by atoms with Crippen molar-refractivity contribution in [3.63, 3.8) is 0 Å². The van der Waals surface area contributed by atoms with Crippen molar-refractivity contribution in [2.45, 2.75) is 53.6 Å². The predicted molar refractivity (Wildman–Crippen MR) is 73.1 cm³/mol. The highest BCUT2D eigenvalue weighted by Crippen LogP contribution is 2.61. The van der Waals surface area contributed by atoms with Crippen LogP contribution in [-0.2, 0) is 14.6 Å². The fourth-order valence-electron chi connectivity index (χ4n) is 2.70. The predicted octanol–water partition coefficient (Wildman–Crippen LogP) is 3.18. The van der Waals surface area contributed by atoms with E-state index in [9.17, 15) is 44.3 Å². The largest absolute Gasteiger partial charge is 0.482 e. The number of rotatable bonds is 3. The Labute approximate surface area is 147 Å². The normalized spacial score (nSPS) is 27.4. The molecule has 2 aliphatic heterocycles. The van der Waals surface area contributed by atoms with Gasteiger partial charge in [0.05, 0.1) is 4.90 Å². The van der Waals surface area contributed by atoms with Crippen molar-refractivity contribution in [3.05, 3.63) is 23.8 Å². The average molecular weight is 424 g/mol. The van der Waals surface area contributed by atoms with Gasteiger partial charge in [0.15, 0.2) is 5.60 Å². The summed E-state index contributed by atoms with van der Waals surface area (Å²) in [6, 6.07) is 1.65. The van der Waals surface area contributed by atoms with E-state index in [1.54, 1.807) is 0 Å². The van der Waals surface area contributed by atoms with Crippen molar-refractivity contribution in [2.75, 3.05) is 0 Å². The Morgan fingerprint density at radius 1 is 1.07 bits per heavy atom. The highest BCUT2D eigenvalue weighted by Gasteiger charge is 2.79.